The number of anilines is 2. The highest BCUT2D eigenvalue weighted by Crippen LogP contribution is 2.40. The minimum absolute atomic E-state index is 0.527. The highest BCUT2D eigenvalue weighted by atomic mass is 32.1. The van der Waals surface area contributed by atoms with E-state index in [-0.39, 0.29) is 0 Å². The maximum atomic E-state index is 4.54. The Balaban J connectivity index is 1.80. The van der Waals surface area contributed by atoms with Crippen molar-refractivity contribution in [2.75, 3.05) is 5.32 Å². The van der Waals surface area contributed by atoms with Crippen LogP contribution in [-0.4, -0.2) is 9.97 Å². The van der Waals surface area contributed by atoms with Gasteiger partial charge in [-0.15, -0.1) is 11.3 Å². The van der Waals surface area contributed by atoms with Crippen LogP contribution in [0.3, 0.4) is 0 Å². The van der Waals surface area contributed by atoms with Crippen LogP contribution in [0.1, 0.15) is 30.2 Å². The van der Waals surface area contributed by atoms with Gasteiger partial charge in [-0.25, -0.2) is 9.97 Å². The van der Waals surface area contributed by atoms with Crippen molar-refractivity contribution < 1.29 is 0 Å². The van der Waals surface area contributed by atoms with Gasteiger partial charge in [0.05, 0.1) is 5.39 Å². The first-order valence-corrected chi connectivity index (χ1v) is 9.61. The van der Waals surface area contributed by atoms with E-state index in [0.717, 1.165) is 21.7 Å². The fourth-order valence-electron chi connectivity index (χ4n) is 3.18. The molecule has 3 nitrogen and oxygen atoms in total. The molecule has 0 amide bonds. The Bertz CT molecular complexity index is 1030. The molecule has 0 aliphatic rings. The third-order valence-electron chi connectivity index (χ3n) is 4.57. The van der Waals surface area contributed by atoms with Crippen molar-refractivity contribution in [3.63, 3.8) is 0 Å². The fourth-order valence-corrected chi connectivity index (χ4v) is 4.19. The summed E-state index contributed by atoms with van der Waals surface area (Å²) >= 11 is 1.71. The Kier molecular flexibility index (Phi) is 4.43. The molecule has 0 saturated heterocycles. The molecule has 0 saturated carbocycles. The normalized spacial score (nSPS) is 11.2. The van der Waals surface area contributed by atoms with Crippen LogP contribution in [0.2, 0.25) is 0 Å². The van der Waals surface area contributed by atoms with Gasteiger partial charge >= 0.3 is 0 Å². The number of aryl methyl sites for hydroxylation is 1. The molecular formula is C22H21N3S. The first-order chi connectivity index (χ1) is 12.6. The van der Waals surface area contributed by atoms with Gasteiger partial charge in [-0.3, -0.25) is 0 Å². The molecule has 0 spiro atoms. The number of nitrogens with zero attached hydrogens (tertiary/aromatic N) is 2. The van der Waals surface area contributed by atoms with Gasteiger partial charge in [0.2, 0.25) is 0 Å². The molecule has 1 N–H and O–H groups in total. The molecule has 4 heteroatoms. The van der Waals surface area contributed by atoms with Gasteiger partial charge in [0.15, 0.2) is 0 Å². The number of fused-ring (bicyclic) bond motifs is 1. The molecule has 0 aliphatic carbocycles. The topological polar surface area (TPSA) is 37.8 Å². The third kappa shape index (κ3) is 3.08. The quantitative estimate of drug-likeness (QED) is 0.450. The molecule has 0 fully saturated rings. The molecule has 0 radical (unpaired) electrons. The minimum atomic E-state index is 0.527. The van der Waals surface area contributed by atoms with Gasteiger partial charge < -0.3 is 5.32 Å². The predicted octanol–water partition coefficient (Wildman–Crippen LogP) is 6.53. The summed E-state index contributed by atoms with van der Waals surface area (Å²) in [5.41, 5.74) is 4.79. The van der Waals surface area contributed by atoms with Crippen molar-refractivity contribution in [1.82, 2.24) is 9.97 Å². The Morgan fingerprint density at radius 3 is 2.35 bits per heavy atom. The summed E-state index contributed by atoms with van der Waals surface area (Å²) < 4.78 is 0. The fraction of sp³-hybridized carbons (Fsp3) is 0.182. The van der Waals surface area contributed by atoms with E-state index < -0.39 is 0 Å². The zero-order valence-electron chi connectivity index (χ0n) is 15.2. The van der Waals surface area contributed by atoms with E-state index in [1.807, 2.05) is 6.07 Å². The monoisotopic (exact) mass is 359 g/mol. The Morgan fingerprint density at radius 1 is 0.923 bits per heavy atom. The number of benzene rings is 2. The second-order valence-corrected chi connectivity index (χ2v) is 7.91. The van der Waals surface area contributed by atoms with Gasteiger partial charge in [0, 0.05) is 16.1 Å². The predicted molar refractivity (Wildman–Crippen MR) is 111 cm³/mol. The minimum Gasteiger partial charge on any atom is -0.340 e. The van der Waals surface area contributed by atoms with Crippen molar-refractivity contribution in [1.29, 1.82) is 0 Å². The van der Waals surface area contributed by atoms with Gasteiger partial charge in [-0.1, -0.05) is 56.3 Å². The number of thiophene rings is 1. The number of aromatic nitrogens is 2. The van der Waals surface area contributed by atoms with E-state index in [4.69, 9.17) is 0 Å². The van der Waals surface area contributed by atoms with Crippen LogP contribution < -0.4 is 5.32 Å². The molecule has 0 atom stereocenters. The van der Waals surface area contributed by atoms with Crippen LogP contribution in [-0.2, 0) is 0 Å². The zero-order valence-corrected chi connectivity index (χ0v) is 16.0. The van der Waals surface area contributed by atoms with E-state index in [1.165, 1.54) is 21.6 Å². The lowest BCUT2D eigenvalue weighted by Gasteiger charge is -2.11. The van der Waals surface area contributed by atoms with Crippen molar-refractivity contribution in [2.24, 2.45) is 0 Å². The van der Waals surface area contributed by atoms with Crippen molar-refractivity contribution in [3.8, 4) is 11.1 Å². The highest BCUT2D eigenvalue weighted by molar-refractivity contribution is 7.19. The highest BCUT2D eigenvalue weighted by Gasteiger charge is 2.16. The first kappa shape index (κ1) is 16.7. The van der Waals surface area contributed by atoms with E-state index >= 15 is 0 Å². The molecule has 2 aromatic heterocycles. The number of hydrogen-bond donors (Lipinski definition) is 1. The molecule has 4 rings (SSSR count). The maximum absolute atomic E-state index is 4.54. The average Bonchev–Trinajstić information content (AvgIpc) is 3.00. The van der Waals surface area contributed by atoms with E-state index in [9.17, 15) is 0 Å². The largest absolute Gasteiger partial charge is 0.340 e. The summed E-state index contributed by atoms with van der Waals surface area (Å²) in [6.07, 6.45) is 1.64. The number of hydrogen-bond acceptors (Lipinski definition) is 4. The molecule has 130 valence electrons. The zero-order chi connectivity index (χ0) is 18.1. The van der Waals surface area contributed by atoms with Crippen LogP contribution in [0.4, 0.5) is 11.5 Å². The lowest BCUT2D eigenvalue weighted by molar-refractivity contribution is 0.867. The average molecular weight is 359 g/mol. The van der Waals surface area contributed by atoms with Crippen LogP contribution in [0.5, 0.6) is 0 Å². The van der Waals surface area contributed by atoms with E-state index in [0.29, 0.717) is 5.92 Å². The van der Waals surface area contributed by atoms with Crippen LogP contribution in [0.25, 0.3) is 21.3 Å². The second kappa shape index (κ2) is 6.89. The van der Waals surface area contributed by atoms with Crippen molar-refractivity contribution >= 4 is 33.1 Å². The number of nitrogens with one attached hydrogen (secondary N) is 1. The van der Waals surface area contributed by atoms with Crippen molar-refractivity contribution in [3.05, 3.63) is 71.4 Å². The summed E-state index contributed by atoms with van der Waals surface area (Å²) in [6.45, 7) is 6.56. The van der Waals surface area contributed by atoms with Crippen molar-refractivity contribution in [2.45, 2.75) is 26.7 Å². The summed E-state index contributed by atoms with van der Waals surface area (Å²) in [6, 6.07) is 19.0. The summed E-state index contributed by atoms with van der Waals surface area (Å²) in [7, 11) is 0. The van der Waals surface area contributed by atoms with Crippen LogP contribution >= 0.6 is 11.3 Å². The first-order valence-electron chi connectivity index (χ1n) is 8.80. The molecule has 0 unspecified atom stereocenters. The van der Waals surface area contributed by atoms with Crippen LogP contribution in [0, 0.1) is 6.92 Å². The molecule has 2 heterocycles. The summed E-state index contributed by atoms with van der Waals surface area (Å²) in [5.74, 6) is 1.38. The molecule has 26 heavy (non-hydrogen) atoms. The lowest BCUT2D eigenvalue weighted by atomic mass is 10.0. The van der Waals surface area contributed by atoms with Gasteiger partial charge in [0.1, 0.15) is 17.0 Å². The smallest absolute Gasteiger partial charge is 0.143 e. The lowest BCUT2D eigenvalue weighted by Crippen LogP contribution is -1.96. The van der Waals surface area contributed by atoms with Gasteiger partial charge in [-0.05, 0) is 36.1 Å². The Morgan fingerprint density at radius 2 is 1.65 bits per heavy atom. The maximum Gasteiger partial charge on any atom is 0.143 e. The Hall–Kier alpha value is -2.72. The summed E-state index contributed by atoms with van der Waals surface area (Å²) in [4.78, 5) is 11.3. The van der Waals surface area contributed by atoms with Gasteiger partial charge in [0.25, 0.3) is 0 Å². The van der Waals surface area contributed by atoms with Gasteiger partial charge in [-0.2, -0.15) is 0 Å². The van der Waals surface area contributed by atoms with E-state index in [1.54, 1.807) is 17.7 Å². The standard InChI is InChI=1S/C22H21N3S/c1-14(2)16-9-11-18(12-10-16)25-21-20-19(17-7-5-4-6-8-17)15(3)26-22(20)24-13-23-21/h4-14H,1-3H3,(H,23,24,25). The van der Waals surface area contributed by atoms with Crippen LogP contribution in [0.15, 0.2) is 60.9 Å². The second-order valence-electron chi connectivity index (χ2n) is 6.70. The molecule has 0 bridgehead atoms. The SMILES string of the molecule is Cc1sc2ncnc(Nc3ccc(C(C)C)cc3)c2c1-c1ccccc1. The molecule has 0 aliphatic heterocycles. The van der Waals surface area contributed by atoms with E-state index in [2.05, 4.69) is 84.6 Å². The molecule has 2 aromatic carbocycles. The molecule has 4 aromatic rings. The third-order valence-corrected chi connectivity index (χ3v) is 5.58. The summed E-state index contributed by atoms with van der Waals surface area (Å²) in [5, 5.41) is 4.58. The number of rotatable bonds is 4. The Labute approximate surface area is 157 Å². The molecular weight excluding hydrogens is 338 g/mol.